The van der Waals surface area contributed by atoms with E-state index in [2.05, 4.69) is 30.2 Å². The zero-order chi connectivity index (χ0) is 21.9. The van der Waals surface area contributed by atoms with E-state index in [0.717, 1.165) is 22.6 Å². The lowest BCUT2D eigenvalue weighted by molar-refractivity contribution is -0.119. The Balaban J connectivity index is 1.67. The zero-order valence-electron chi connectivity index (χ0n) is 16.6. The number of hydrogen-bond acceptors (Lipinski definition) is 7. The Morgan fingerprint density at radius 1 is 1.19 bits per heavy atom. The molecule has 0 saturated heterocycles. The molecule has 0 bridgehead atoms. The van der Waals surface area contributed by atoms with Gasteiger partial charge in [-0.05, 0) is 32.2 Å². The molecule has 5 heterocycles. The van der Waals surface area contributed by atoms with Crippen LogP contribution in [0.4, 0.5) is 10.2 Å². The number of thioether (sulfide) groups is 1. The molecule has 0 saturated carbocycles. The SMILES string of the molecule is CSc1nc(-c2nc(Cl)c3c(n2)NC(=O)C3(C)c2ccc(F)cn2)cn2cc(C)nc12. The molecule has 1 aliphatic rings. The van der Waals surface area contributed by atoms with Gasteiger partial charge < -0.3 is 9.72 Å². The van der Waals surface area contributed by atoms with E-state index in [1.165, 1.54) is 23.9 Å². The molecule has 4 aromatic rings. The fourth-order valence-corrected chi connectivity index (χ4v) is 4.56. The van der Waals surface area contributed by atoms with Gasteiger partial charge in [-0.3, -0.25) is 9.78 Å². The third kappa shape index (κ3) is 2.97. The van der Waals surface area contributed by atoms with E-state index in [4.69, 9.17) is 11.6 Å². The quantitative estimate of drug-likeness (QED) is 0.372. The second-order valence-corrected chi connectivity index (χ2v) is 8.40. The Bertz CT molecular complexity index is 1370. The fraction of sp³-hybridized carbons (Fsp3) is 0.200. The summed E-state index contributed by atoms with van der Waals surface area (Å²) in [6.07, 6.45) is 6.62. The summed E-state index contributed by atoms with van der Waals surface area (Å²) in [7, 11) is 0. The molecule has 1 amide bonds. The van der Waals surface area contributed by atoms with Crippen LogP contribution in [0.15, 0.2) is 35.7 Å². The van der Waals surface area contributed by atoms with Crippen LogP contribution >= 0.6 is 23.4 Å². The van der Waals surface area contributed by atoms with E-state index in [1.807, 2.05) is 23.8 Å². The molecule has 11 heteroatoms. The maximum Gasteiger partial charge on any atom is 0.242 e. The lowest BCUT2D eigenvalue weighted by atomic mass is 9.81. The Hall–Kier alpha value is -3.11. The lowest BCUT2D eigenvalue weighted by Crippen LogP contribution is -2.33. The number of amides is 1. The van der Waals surface area contributed by atoms with Crippen LogP contribution in [0, 0.1) is 12.7 Å². The van der Waals surface area contributed by atoms with Crippen LogP contribution in [0.1, 0.15) is 23.9 Å². The van der Waals surface area contributed by atoms with Gasteiger partial charge in [-0.2, -0.15) is 0 Å². The third-order valence-electron chi connectivity index (χ3n) is 5.24. The van der Waals surface area contributed by atoms with Crippen LogP contribution in [-0.4, -0.2) is 41.5 Å². The van der Waals surface area contributed by atoms with Gasteiger partial charge in [-0.25, -0.2) is 24.3 Å². The van der Waals surface area contributed by atoms with Gasteiger partial charge in [0.15, 0.2) is 11.5 Å². The molecule has 31 heavy (non-hydrogen) atoms. The van der Waals surface area contributed by atoms with Crippen molar-refractivity contribution in [3.63, 3.8) is 0 Å². The molecule has 0 radical (unpaired) electrons. The number of rotatable bonds is 3. The summed E-state index contributed by atoms with van der Waals surface area (Å²) in [6, 6.07) is 2.70. The first-order chi connectivity index (χ1) is 14.8. The largest absolute Gasteiger partial charge is 0.309 e. The third-order valence-corrected chi connectivity index (χ3v) is 6.17. The molecule has 4 aromatic heterocycles. The highest BCUT2D eigenvalue weighted by atomic mass is 35.5. The highest BCUT2D eigenvalue weighted by Crippen LogP contribution is 2.44. The molecule has 1 N–H and O–H groups in total. The number of carbonyl (C=O) groups excluding carboxylic acids is 1. The number of hydrogen-bond donors (Lipinski definition) is 1. The van der Waals surface area contributed by atoms with Gasteiger partial charge in [0.1, 0.15) is 32.9 Å². The molecular formula is C20H15ClFN7OS. The normalized spacial score (nSPS) is 17.8. The highest BCUT2D eigenvalue weighted by Gasteiger charge is 2.48. The van der Waals surface area contributed by atoms with E-state index in [-0.39, 0.29) is 22.7 Å². The van der Waals surface area contributed by atoms with Crippen LogP contribution in [0.2, 0.25) is 5.15 Å². The van der Waals surface area contributed by atoms with Crippen molar-refractivity contribution in [3.8, 4) is 11.5 Å². The monoisotopic (exact) mass is 455 g/mol. The minimum atomic E-state index is -1.25. The number of imidazole rings is 1. The summed E-state index contributed by atoms with van der Waals surface area (Å²) in [5.74, 6) is -0.315. The van der Waals surface area contributed by atoms with E-state index in [0.29, 0.717) is 17.0 Å². The van der Waals surface area contributed by atoms with Crippen molar-refractivity contribution in [2.24, 2.45) is 0 Å². The standard InChI is InChI=1S/C20H15ClFN7OS/c1-9-7-29-8-11(25-18(31-3)17(29)24-9)15-26-14(21)13-16(27-15)28-19(30)20(13,2)12-5-4-10(22)6-23-12/h4-8H,1-3H3,(H,26,27,28,30). The van der Waals surface area contributed by atoms with Crippen molar-refractivity contribution < 1.29 is 9.18 Å². The summed E-state index contributed by atoms with van der Waals surface area (Å²) in [5.41, 5.74) is 1.58. The van der Waals surface area contributed by atoms with E-state index in [1.54, 1.807) is 13.1 Å². The minimum absolute atomic E-state index is 0.0985. The number of pyridine rings is 1. The average Bonchev–Trinajstić information content (AvgIpc) is 3.24. The second kappa shape index (κ2) is 6.96. The summed E-state index contributed by atoms with van der Waals surface area (Å²) < 4.78 is 15.2. The first kappa shape index (κ1) is 19.8. The number of nitrogens with zero attached hydrogens (tertiary/aromatic N) is 6. The minimum Gasteiger partial charge on any atom is -0.309 e. The van der Waals surface area contributed by atoms with Crippen molar-refractivity contribution in [3.05, 3.63) is 58.6 Å². The van der Waals surface area contributed by atoms with Gasteiger partial charge in [-0.1, -0.05) is 11.6 Å². The zero-order valence-corrected chi connectivity index (χ0v) is 18.2. The number of aryl methyl sites for hydroxylation is 1. The van der Waals surface area contributed by atoms with Crippen LogP contribution in [0.5, 0.6) is 0 Å². The molecule has 156 valence electrons. The second-order valence-electron chi connectivity index (χ2n) is 7.25. The summed E-state index contributed by atoms with van der Waals surface area (Å²) in [4.78, 5) is 35.1. The van der Waals surface area contributed by atoms with Crippen molar-refractivity contribution >= 4 is 40.7 Å². The number of anilines is 1. The first-order valence-electron chi connectivity index (χ1n) is 9.23. The van der Waals surface area contributed by atoms with Gasteiger partial charge in [-0.15, -0.1) is 11.8 Å². The predicted octanol–water partition coefficient (Wildman–Crippen LogP) is 3.66. The summed E-state index contributed by atoms with van der Waals surface area (Å²) in [6.45, 7) is 3.56. The molecule has 0 spiro atoms. The van der Waals surface area contributed by atoms with Crippen LogP contribution in [-0.2, 0) is 10.2 Å². The van der Waals surface area contributed by atoms with Gasteiger partial charge in [0.2, 0.25) is 5.91 Å². The number of nitrogens with one attached hydrogen (secondary N) is 1. The molecule has 8 nitrogen and oxygen atoms in total. The maximum absolute atomic E-state index is 13.4. The van der Waals surface area contributed by atoms with Gasteiger partial charge >= 0.3 is 0 Å². The Morgan fingerprint density at radius 3 is 2.71 bits per heavy atom. The first-order valence-corrected chi connectivity index (χ1v) is 10.8. The van der Waals surface area contributed by atoms with Crippen molar-refractivity contribution in [2.45, 2.75) is 24.3 Å². The summed E-state index contributed by atoms with van der Waals surface area (Å²) in [5, 5.41) is 3.58. The fourth-order valence-electron chi connectivity index (χ4n) is 3.68. The van der Waals surface area contributed by atoms with Crippen molar-refractivity contribution in [2.75, 3.05) is 11.6 Å². The molecular weight excluding hydrogens is 441 g/mol. The van der Waals surface area contributed by atoms with Gasteiger partial charge in [0.25, 0.3) is 0 Å². The topological polar surface area (TPSA) is 98.0 Å². The maximum atomic E-state index is 13.4. The van der Waals surface area contributed by atoms with Crippen LogP contribution < -0.4 is 5.32 Å². The smallest absolute Gasteiger partial charge is 0.242 e. The number of carbonyl (C=O) groups is 1. The lowest BCUT2D eigenvalue weighted by Gasteiger charge is -2.21. The number of aromatic nitrogens is 6. The molecule has 1 aliphatic heterocycles. The van der Waals surface area contributed by atoms with Gasteiger partial charge in [0.05, 0.1) is 23.1 Å². The predicted molar refractivity (Wildman–Crippen MR) is 115 cm³/mol. The molecule has 0 aromatic carbocycles. The molecule has 0 aliphatic carbocycles. The number of halogens is 2. The van der Waals surface area contributed by atoms with E-state index >= 15 is 0 Å². The number of fused-ring (bicyclic) bond motifs is 2. The molecule has 1 atom stereocenters. The van der Waals surface area contributed by atoms with Crippen LogP contribution in [0.25, 0.3) is 17.2 Å². The van der Waals surface area contributed by atoms with Crippen LogP contribution in [0.3, 0.4) is 0 Å². The average molecular weight is 456 g/mol. The summed E-state index contributed by atoms with van der Waals surface area (Å²) >= 11 is 8.01. The highest BCUT2D eigenvalue weighted by molar-refractivity contribution is 7.98. The Morgan fingerprint density at radius 2 is 2.00 bits per heavy atom. The molecule has 0 fully saturated rings. The molecule has 1 unspecified atom stereocenters. The molecule has 5 rings (SSSR count). The van der Waals surface area contributed by atoms with E-state index in [9.17, 15) is 9.18 Å². The Labute approximate surface area is 185 Å². The van der Waals surface area contributed by atoms with Crippen molar-refractivity contribution in [1.29, 1.82) is 0 Å². The Kier molecular flexibility index (Phi) is 4.45. The van der Waals surface area contributed by atoms with Gasteiger partial charge in [0, 0.05) is 12.4 Å². The van der Waals surface area contributed by atoms with Crippen molar-refractivity contribution in [1.82, 2.24) is 29.3 Å². The van der Waals surface area contributed by atoms with E-state index < -0.39 is 11.2 Å².